The summed E-state index contributed by atoms with van der Waals surface area (Å²) in [5, 5.41) is 18.6. The summed E-state index contributed by atoms with van der Waals surface area (Å²) in [5.41, 5.74) is 1.05. The number of hydrogen-bond donors (Lipinski definition) is 2. The molecule has 0 amide bonds. The molecule has 0 atom stereocenters. The Morgan fingerprint density at radius 1 is 1.33 bits per heavy atom. The van der Waals surface area contributed by atoms with Gasteiger partial charge in [0.25, 0.3) is 0 Å². The second kappa shape index (κ2) is 7.41. The zero-order chi connectivity index (χ0) is 15.2. The molecule has 1 heterocycles. The minimum Gasteiger partial charge on any atom is -0.478 e. The fourth-order valence-corrected chi connectivity index (χ4v) is 3.01. The van der Waals surface area contributed by atoms with Gasteiger partial charge in [0.1, 0.15) is 5.82 Å². The lowest BCUT2D eigenvalue weighted by Crippen LogP contribution is -2.39. The highest BCUT2D eigenvalue weighted by molar-refractivity contribution is 5.88. The number of hydrogen-bond acceptors (Lipinski definition) is 4. The second-order valence-electron chi connectivity index (χ2n) is 5.57. The summed E-state index contributed by atoms with van der Waals surface area (Å²) in [6.45, 7) is 2.52. The molecule has 21 heavy (non-hydrogen) atoms. The highest BCUT2D eigenvalue weighted by Gasteiger charge is 2.23. The van der Waals surface area contributed by atoms with Crippen LogP contribution in [-0.2, 0) is 6.42 Å². The summed E-state index contributed by atoms with van der Waals surface area (Å²) >= 11 is 0. The lowest BCUT2D eigenvalue weighted by atomic mass is 9.94. The molecule has 0 bridgehead atoms. The minimum absolute atomic E-state index is 0.0525. The molecule has 0 saturated heterocycles. The number of aryl methyl sites for hydroxylation is 1. The van der Waals surface area contributed by atoms with E-state index in [1.54, 1.807) is 12.1 Å². The topological polar surface area (TPSA) is 73.7 Å². The molecule has 1 aliphatic carbocycles. The highest BCUT2D eigenvalue weighted by atomic mass is 16.4. The number of aliphatic hydroxyl groups is 1. The zero-order valence-electron chi connectivity index (χ0n) is 12.6. The van der Waals surface area contributed by atoms with E-state index in [9.17, 15) is 15.0 Å². The van der Waals surface area contributed by atoms with Gasteiger partial charge in [0, 0.05) is 18.3 Å². The summed E-state index contributed by atoms with van der Waals surface area (Å²) in [7, 11) is 0. The van der Waals surface area contributed by atoms with Gasteiger partial charge in [0.15, 0.2) is 0 Å². The van der Waals surface area contributed by atoms with Gasteiger partial charge in [0.2, 0.25) is 0 Å². The van der Waals surface area contributed by atoms with Gasteiger partial charge in [-0.25, -0.2) is 9.78 Å². The molecule has 2 rings (SSSR count). The van der Waals surface area contributed by atoms with Gasteiger partial charge in [-0.15, -0.1) is 0 Å². The summed E-state index contributed by atoms with van der Waals surface area (Å²) in [5.74, 6) is -0.242. The van der Waals surface area contributed by atoms with Crippen LogP contribution in [0.5, 0.6) is 0 Å². The average molecular weight is 292 g/mol. The number of aromatic nitrogens is 1. The van der Waals surface area contributed by atoms with Crippen LogP contribution in [0.1, 0.15) is 55.1 Å². The Labute approximate surface area is 125 Å². The molecule has 1 saturated carbocycles. The SMILES string of the molecule is CCc1cc(C(=O)O)cc(N(CCO)C2CCCCC2)n1. The van der Waals surface area contributed by atoms with E-state index in [0.717, 1.165) is 18.5 Å². The number of rotatable bonds is 6. The van der Waals surface area contributed by atoms with Crippen LogP contribution in [0.15, 0.2) is 12.1 Å². The predicted octanol–water partition coefficient (Wildman–Crippen LogP) is 2.47. The molecule has 0 radical (unpaired) electrons. The summed E-state index contributed by atoms with van der Waals surface area (Å²) in [6, 6.07) is 3.61. The van der Waals surface area contributed by atoms with Crippen molar-refractivity contribution in [3.05, 3.63) is 23.4 Å². The smallest absolute Gasteiger partial charge is 0.335 e. The van der Waals surface area contributed by atoms with Crippen molar-refractivity contribution < 1.29 is 15.0 Å². The number of carboxylic acid groups (broad SMARTS) is 1. The average Bonchev–Trinajstić information content (AvgIpc) is 2.52. The van der Waals surface area contributed by atoms with Gasteiger partial charge >= 0.3 is 5.97 Å². The Morgan fingerprint density at radius 3 is 2.62 bits per heavy atom. The van der Waals surface area contributed by atoms with Crippen LogP contribution >= 0.6 is 0 Å². The van der Waals surface area contributed by atoms with Gasteiger partial charge in [-0.1, -0.05) is 26.2 Å². The molecule has 1 aromatic rings. The number of carbonyl (C=O) groups is 1. The van der Waals surface area contributed by atoms with E-state index >= 15 is 0 Å². The van der Waals surface area contributed by atoms with Crippen LogP contribution in [0.3, 0.4) is 0 Å². The molecule has 0 aromatic carbocycles. The van der Waals surface area contributed by atoms with E-state index in [4.69, 9.17) is 0 Å². The number of carboxylic acids is 1. The molecule has 5 heteroatoms. The Hall–Kier alpha value is -1.62. The highest BCUT2D eigenvalue weighted by Crippen LogP contribution is 2.27. The fraction of sp³-hybridized carbons (Fsp3) is 0.625. The number of anilines is 1. The molecule has 116 valence electrons. The fourth-order valence-electron chi connectivity index (χ4n) is 3.01. The molecule has 0 spiro atoms. The molecule has 1 aliphatic rings. The van der Waals surface area contributed by atoms with Crippen molar-refractivity contribution in [2.45, 2.75) is 51.5 Å². The number of aromatic carboxylic acids is 1. The molecule has 0 aliphatic heterocycles. The van der Waals surface area contributed by atoms with Crippen molar-refractivity contribution in [1.82, 2.24) is 4.98 Å². The quantitative estimate of drug-likeness (QED) is 0.842. The van der Waals surface area contributed by atoms with Crippen molar-refractivity contribution >= 4 is 11.8 Å². The molecule has 1 aromatic heterocycles. The molecule has 1 fully saturated rings. The third-order valence-electron chi connectivity index (χ3n) is 4.12. The normalized spacial score (nSPS) is 15.9. The first-order chi connectivity index (χ1) is 10.2. The van der Waals surface area contributed by atoms with Gasteiger partial charge in [0.05, 0.1) is 12.2 Å². The molecule has 0 unspecified atom stereocenters. The van der Waals surface area contributed by atoms with Gasteiger partial charge in [-0.2, -0.15) is 0 Å². The largest absolute Gasteiger partial charge is 0.478 e. The van der Waals surface area contributed by atoms with Crippen LogP contribution in [0.25, 0.3) is 0 Å². The van der Waals surface area contributed by atoms with Crippen molar-refractivity contribution in [3.8, 4) is 0 Å². The Kier molecular flexibility index (Phi) is 5.56. The van der Waals surface area contributed by atoms with Crippen molar-refractivity contribution in [3.63, 3.8) is 0 Å². The molecule has 2 N–H and O–H groups in total. The van der Waals surface area contributed by atoms with Crippen molar-refractivity contribution in [1.29, 1.82) is 0 Å². The maximum Gasteiger partial charge on any atom is 0.335 e. The number of aliphatic hydroxyl groups excluding tert-OH is 1. The van der Waals surface area contributed by atoms with E-state index in [-0.39, 0.29) is 12.2 Å². The zero-order valence-corrected chi connectivity index (χ0v) is 12.6. The van der Waals surface area contributed by atoms with Crippen LogP contribution in [-0.4, -0.2) is 40.4 Å². The van der Waals surface area contributed by atoms with Crippen LogP contribution in [0, 0.1) is 0 Å². The third-order valence-corrected chi connectivity index (χ3v) is 4.12. The van der Waals surface area contributed by atoms with E-state index in [1.165, 1.54) is 19.3 Å². The first-order valence-corrected chi connectivity index (χ1v) is 7.77. The van der Waals surface area contributed by atoms with E-state index < -0.39 is 5.97 Å². The number of pyridine rings is 1. The summed E-state index contributed by atoms with van der Waals surface area (Å²) < 4.78 is 0. The molecule has 5 nitrogen and oxygen atoms in total. The van der Waals surface area contributed by atoms with Crippen LogP contribution in [0.2, 0.25) is 0 Å². The van der Waals surface area contributed by atoms with Gasteiger partial charge in [-0.05, 0) is 31.4 Å². The Balaban J connectivity index is 2.33. The van der Waals surface area contributed by atoms with Crippen molar-refractivity contribution in [2.24, 2.45) is 0 Å². The van der Waals surface area contributed by atoms with Crippen molar-refractivity contribution in [2.75, 3.05) is 18.1 Å². The lowest BCUT2D eigenvalue weighted by Gasteiger charge is -2.35. The third kappa shape index (κ3) is 3.94. The first-order valence-electron chi connectivity index (χ1n) is 7.77. The monoisotopic (exact) mass is 292 g/mol. The van der Waals surface area contributed by atoms with E-state index in [2.05, 4.69) is 9.88 Å². The molecular formula is C16H24N2O3. The Morgan fingerprint density at radius 2 is 2.05 bits per heavy atom. The second-order valence-corrected chi connectivity index (χ2v) is 5.57. The maximum atomic E-state index is 11.3. The van der Waals surface area contributed by atoms with Gasteiger partial charge < -0.3 is 15.1 Å². The lowest BCUT2D eigenvalue weighted by molar-refractivity contribution is 0.0696. The van der Waals surface area contributed by atoms with E-state index in [1.807, 2.05) is 6.92 Å². The first kappa shape index (κ1) is 15.8. The standard InChI is InChI=1S/C16H24N2O3/c1-2-13-10-12(16(20)21)11-15(17-13)18(8-9-19)14-6-4-3-5-7-14/h10-11,14,19H,2-9H2,1H3,(H,20,21). The van der Waals surface area contributed by atoms with Crippen LogP contribution < -0.4 is 4.90 Å². The maximum absolute atomic E-state index is 11.3. The van der Waals surface area contributed by atoms with Crippen LogP contribution in [0.4, 0.5) is 5.82 Å². The van der Waals surface area contributed by atoms with E-state index in [0.29, 0.717) is 24.8 Å². The molecular weight excluding hydrogens is 268 g/mol. The minimum atomic E-state index is -0.930. The summed E-state index contributed by atoms with van der Waals surface area (Å²) in [6.07, 6.45) is 6.50. The van der Waals surface area contributed by atoms with Gasteiger partial charge in [-0.3, -0.25) is 0 Å². The number of nitrogens with zero attached hydrogens (tertiary/aromatic N) is 2. The summed E-state index contributed by atoms with van der Waals surface area (Å²) in [4.78, 5) is 18.0. The predicted molar refractivity (Wildman–Crippen MR) is 81.9 cm³/mol. The Bertz CT molecular complexity index is 484.